The summed E-state index contributed by atoms with van der Waals surface area (Å²) in [6.45, 7) is 5.31. The maximum Gasteiger partial charge on any atom is 0.184 e. The summed E-state index contributed by atoms with van der Waals surface area (Å²) in [5, 5.41) is 5.19. The highest BCUT2D eigenvalue weighted by Crippen LogP contribution is 2.35. The molecule has 3 heterocycles. The maximum absolute atomic E-state index is 5.81. The minimum absolute atomic E-state index is 0.642. The van der Waals surface area contributed by atoms with Crippen molar-refractivity contribution in [2.45, 2.75) is 19.3 Å². The van der Waals surface area contributed by atoms with Crippen molar-refractivity contribution in [3.05, 3.63) is 18.2 Å². The first-order valence-corrected chi connectivity index (χ1v) is 8.36. The smallest absolute Gasteiger partial charge is 0.184 e. The molecule has 0 atom stereocenters. The SMILES string of the molecule is C(#CCN1CCOc2cccc3onc1c23)CN1CCCCC1. The number of anilines is 1. The topological polar surface area (TPSA) is 41.7 Å². The van der Waals surface area contributed by atoms with Crippen LogP contribution in [0.5, 0.6) is 5.75 Å². The average molecular weight is 311 g/mol. The van der Waals surface area contributed by atoms with E-state index in [4.69, 9.17) is 9.26 Å². The molecular formula is C18H21N3O2. The van der Waals surface area contributed by atoms with Crippen LogP contribution in [0.1, 0.15) is 19.3 Å². The van der Waals surface area contributed by atoms with Crippen LogP contribution in [0.3, 0.4) is 0 Å². The van der Waals surface area contributed by atoms with Crippen LogP contribution in [-0.2, 0) is 0 Å². The van der Waals surface area contributed by atoms with E-state index >= 15 is 0 Å². The highest BCUT2D eigenvalue weighted by Gasteiger charge is 2.21. The number of rotatable bonds is 2. The van der Waals surface area contributed by atoms with Gasteiger partial charge >= 0.3 is 0 Å². The van der Waals surface area contributed by atoms with Crippen LogP contribution in [-0.4, -0.2) is 49.4 Å². The minimum atomic E-state index is 0.642. The summed E-state index contributed by atoms with van der Waals surface area (Å²) in [5.41, 5.74) is 0.769. The molecule has 0 radical (unpaired) electrons. The van der Waals surface area contributed by atoms with Crippen molar-refractivity contribution in [2.24, 2.45) is 0 Å². The van der Waals surface area contributed by atoms with Crippen molar-refractivity contribution in [1.82, 2.24) is 10.1 Å². The molecule has 0 aliphatic carbocycles. The van der Waals surface area contributed by atoms with E-state index < -0.39 is 0 Å². The van der Waals surface area contributed by atoms with Crippen LogP contribution in [0, 0.1) is 11.8 Å². The van der Waals surface area contributed by atoms with Gasteiger partial charge in [0, 0.05) is 0 Å². The second kappa shape index (κ2) is 6.51. The third-order valence-electron chi connectivity index (χ3n) is 4.51. The molecule has 0 bridgehead atoms. The fraction of sp³-hybridized carbons (Fsp3) is 0.500. The third-order valence-corrected chi connectivity index (χ3v) is 4.51. The van der Waals surface area contributed by atoms with Gasteiger partial charge in [0.15, 0.2) is 11.4 Å². The van der Waals surface area contributed by atoms with E-state index in [1.807, 2.05) is 18.2 Å². The van der Waals surface area contributed by atoms with Gasteiger partial charge in [-0.25, -0.2) is 0 Å². The molecule has 0 unspecified atom stereocenters. The molecule has 2 aliphatic rings. The monoisotopic (exact) mass is 311 g/mol. The molecule has 2 aromatic rings. The molecule has 4 rings (SSSR count). The molecular weight excluding hydrogens is 290 g/mol. The lowest BCUT2D eigenvalue weighted by atomic mass is 10.1. The summed E-state index contributed by atoms with van der Waals surface area (Å²) in [5.74, 6) is 8.29. The number of ether oxygens (including phenoxy) is 1. The summed E-state index contributed by atoms with van der Waals surface area (Å²) < 4.78 is 11.2. The van der Waals surface area contributed by atoms with Crippen molar-refractivity contribution in [3.63, 3.8) is 0 Å². The molecule has 120 valence electrons. The van der Waals surface area contributed by atoms with Crippen LogP contribution >= 0.6 is 0 Å². The molecule has 0 saturated carbocycles. The molecule has 1 aromatic heterocycles. The number of hydrogen-bond donors (Lipinski definition) is 0. The zero-order chi connectivity index (χ0) is 15.5. The normalized spacial score (nSPS) is 18.2. The van der Waals surface area contributed by atoms with E-state index in [0.29, 0.717) is 13.2 Å². The highest BCUT2D eigenvalue weighted by molar-refractivity contribution is 5.94. The predicted molar refractivity (Wildman–Crippen MR) is 89.8 cm³/mol. The van der Waals surface area contributed by atoms with Gasteiger partial charge in [-0.1, -0.05) is 29.5 Å². The quantitative estimate of drug-likeness (QED) is 0.797. The van der Waals surface area contributed by atoms with Gasteiger partial charge < -0.3 is 14.2 Å². The Morgan fingerprint density at radius 2 is 1.91 bits per heavy atom. The number of aromatic nitrogens is 1. The second-order valence-electron chi connectivity index (χ2n) is 6.10. The van der Waals surface area contributed by atoms with Crippen LogP contribution in [0.4, 0.5) is 5.82 Å². The average Bonchev–Trinajstić information content (AvgIpc) is 2.94. The van der Waals surface area contributed by atoms with Gasteiger partial charge in [-0.2, -0.15) is 0 Å². The van der Waals surface area contributed by atoms with E-state index in [0.717, 1.165) is 35.6 Å². The molecule has 0 spiro atoms. The van der Waals surface area contributed by atoms with E-state index in [1.165, 1.54) is 32.4 Å². The van der Waals surface area contributed by atoms with E-state index in [9.17, 15) is 0 Å². The second-order valence-corrected chi connectivity index (χ2v) is 6.10. The lowest BCUT2D eigenvalue weighted by Gasteiger charge is -2.24. The Bertz CT molecular complexity index is 738. The van der Waals surface area contributed by atoms with Gasteiger partial charge in [0.2, 0.25) is 0 Å². The summed E-state index contributed by atoms with van der Waals surface area (Å²) in [6, 6.07) is 5.82. The van der Waals surface area contributed by atoms with Crippen LogP contribution in [0.25, 0.3) is 11.0 Å². The van der Waals surface area contributed by atoms with E-state index in [1.54, 1.807) is 0 Å². The lowest BCUT2D eigenvalue weighted by molar-refractivity contribution is 0.255. The summed E-state index contributed by atoms with van der Waals surface area (Å²) >= 11 is 0. The van der Waals surface area contributed by atoms with Gasteiger partial charge in [0.1, 0.15) is 17.7 Å². The number of likely N-dealkylation sites (tertiary alicyclic amines) is 1. The number of piperidine rings is 1. The largest absolute Gasteiger partial charge is 0.491 e. The number of benzene rings is 1. The van der Waals surface area contributed by atoms with Gasteiger partial charge in [-0.05, 0) is 38.1 Å². The first-order chi connectivity index (χ1) is 11.4. The van der Waals surface area contributed by atoms with Crippen LogP contribution in [0.15, 0.2) is 22.7 Å². The van der Waals surface area contributed by atoms with E-state index in [-0.39, 0.29) is 0 Å². The molecule has 1 fully saturated rings. The van der Waals surface area contributed by atoms with Gasteiger partial charge in [-0.15, -0.1) is 0 Å². The zero-order valence-corrected chi connectivity index (χ0v) is 13.3. The van der Waals surface area contributed by atoms with E-state index in [2.05, 4.69) is 26.8 Å². The molecule has 5 nitrogen and oxygen atoms in total. The highest BCUT2D eigenvalue weighted by atomic mass is 16.5. The Kier molecular flexibility index (Phi) is 4.08. The van der Waals surface area contributed by atoms with Crippen LogP contribution < -0.4 is 9.64 Å². The van der Waals surface area contributed by atoms with Crippen LogP contribution in [0.2, 0.25) is 0 Å². The standard InChI is InChI=1S/C18H21N3O2/c1-2-9-20(10-3-1)11-4-5-12-21-13-14-22-15-7-6-8-16-17(15)18(21)19-23-16/h6-8H,1-3,9-14H2. The first-order valence-electron chi connectivity index (χ1n) is 8.36. The molecule has 23 heavy (non-hydrogen) atoms. The van der Waals surface area contributed by atoms with Crippen molar-refractivity contribution in [2.75, 3.05) is 44.2 Å². The fourth-order valence-corrected chi connectivity index (χ4v) is 3.24. The lowest BCUT2D eigenvalue weighted by Crippen LogP contribution is -2.30. The number of nitrogens with zero attached hydrogens (tertiary/aromatic N) is 3. The van der Waals surface area contributed by atoms with Crippen molar-refractivity contribution in [3.8, 4) is 17.6 Å². The number of hydrogen-bond acceptors (Lipinski definition) is 5. The molecule has 0 N–H and O–H groups in total. The zero-order valence-electron chi connectivity index (χ0n) is 13.3. The van der Waals surface area contributed by atoms with Gasteiger partial charge in [0.05, 0.1) is 19.6 Å². The Labute approximate surface area is 136 Å². The Hall–Kier alpha value is -2.19. The molecule has 1 aromatic carbocycles. The summed E-state index contributed by atoms with van der Waals surface area (Å²) in [4.78, 5) is 4.58. The molecule has 5 heteroatoms. The van der Waals surface area contributed by atoms with Crippen molar-refractivity contribution < 1.29 is 9.26 Å². The maximum atomic E-state index is 5.81. The van der Waals surface area contributed by atoms with Crippen molar-refractivity contribution >= 4 is 16.8 Å². The van der Waals surface area contributed by atoms with Crippen molar-refractivity contribution in [1.29, 1.82) is 0 Å². The van der Waals surface area contributed by atoms with Gasteiger partial charge in [0.25, 0.3) is 0 Å². The molecule has 1 saturated heterocycles. The summed E-state index contributed by atoms with van der Waals surface area (Å²) in [7, 11) is 0. The Morgan fingerprint density at radius 3 is 2.83 bits per heavy atom. The third kappa shape index (κ3) is 2.99. The Balaban J connectivity index is 1.47. The Morgan fingerprint density at radius 1 is 1.04 bits per heavy atom. The predicted octanol–water partition coefficient (Wildman–Crippen LogP) is 2.52. The van der Waals surface area contributed by atoms with Gasteiger partial charge in [-0.3, -0.25) is 4.90 Å². The molecule has 0 amide bonds. The first kappa shape index (κ1) is 14.4. The fourth-order valence-electron chi connectivity index (χ4n) is 3.24. The minimum Gasteiger partial charge on any atom is -0.491 e. The molecule has 2 aliphatic heterocycles. The summed E-state index contributed by atoms with van der Waals surface area (Å²) in [6.07, 6.45) is 3.97.